The minimum atomic E-state index is -0.607. The summed E-state index contributed by atoms with van der Waals surface area (Å²) in [5.41, 5.74) is 3.41. The van der Waals surface area contributed by atoms with Crippen LogP contribution in [0, 0.1) is 0 Å². The van der Waals surface area contributed by atoms with Gasteiger partial charge in [-0.1, -0.05) is 42.1 Å². The van der Waals surface area contributed by atoms with E-state index in [1.165, 1.54) is 11.8 Å². The molecule has 36 heavy (non-hydrogen) atoms. The number of nitrogens with one attached hydrogen (secondary N) is 1. The van der Waals surface area contributed by atoms with Gasteiger partial charge in [0.05, 0.1) is 44.6 Å². The van der Waals surface area contributed by atoms with Gasteiger partial charge in [-0.2, -0.15) is 0 Å². The van der Waals surface area contributed by atoms with E-state index >= 15 is 0 Å². The number of ether oxygens (including phenoxy) is 3. The topological polar surface area (TPSA) is 89.5 Å². The van der Waals surface area contributed by atoms with Crippen molar-refractivity contribution in [2.45, 2.75) is 32.9 Å². The molecule has 2 heterocycles. The number of esters is 1. The van der Waals surface area contributed by atoms with Crippen molar-refractivity contribution in [2.75, 3.05) is 20.8 Å². The van der Waals surface area contributed by atoms with E-state index in [-0.39, 0.29) is 18.9 Å². The van der Waals surface area contributed by atoms with Crippen LogP contribution in [-0.4, -0.2) is 42.8 Å². The summed E-state index contributed by atoms with van der Waals surface area (Å²) in [6.07, 6.45) is 0.122. The molecule has 2 aliphatic rings. The second-order valence-corrected chi connectivity index (χ2v) is 9.00. The summed E-state index contributed by atoms with van der Waals surface area (Å²) in [4.78, 5) is 32.7. The zero-order chi connectivity index (χ0) is 25.7. The number of amides is 1. The molecule has 2 aromatic carbocycles. The molecule has 4 rings (SSSR count). The molecule has 0 saturated carbocycles. The number of aliphatic imine (C=N–C) groups is 1. The van der Waals surface area contributed by atoms with Crippen LogP contribution in [0.3, 0.4) is 0 Å². The summed E-state index contributed by atoms with van der Waals surface area (Å²) in [6.45, 7) is 4.22. The predicted octanol–water partition coefficient (Wildman–Crippen LogP) is 4.55. The predicted molar refractivity (Wildman–Crippen MR) is 139 cm³/mol. The lowest BCUT2D eigenvalue weighted by atomic mass is 9.92. The number of carbonyl (C=O) groups is 2. The third-order valence-corrected chi connectivity index (χ3v) is 6.79. The number of rotatable bonds is 9. The largest absolute Gasteiger partial charge is 0.497 e. The number of hydrogen-bond acceptors (Lipinski definition) is 8. The van der Waals surface area contributed by atoms with Crippen LogP contribution in [0.4, 0.5) is 0 Å². The first-order chi connectivity index (χ1) is 17.5. The van der Waals surface area contributed by atoms with Crippen molar-refractivity contribution in [1.29, 1.82) is 0 Å². The Balaban J connectivity index is 1.69. The van der Waals surface area contributed by atoms with Gasteiger partial charge in [-0.3, -0.25) is 4.79 Å². The zero-order valence-corrected chi connectivity index (χ0v) is 21.6. The Bertz CT molecular complexity index is 1240. The van der Waals surface area contributed by atoms with E-state index in [0.717, 1.165) is 11.3 Å². The average molecular weight is 508 g/mol. The molecule has 188 valence electrons. The molecular formula is C27H29N3O5S. The van der Waals surface area contributed by atoms with Gasteiger partial charge in [-0.05, 0) is 43.0 Å². The van der Waals surface area contributed by atoms with Gasteiger partial charge in [-0.15, -0.1) is 0 Å². The average Bonchev–Trinajstić information content (AvgIpc) is 3.28. The molecule has 0 spiro atoms. The number of allylic oxidation sites excluding steroid dienone is 1. The normalized spacial score (nSPS) is 16.7. The highest BCUT2D eigenvalue weighted by molar-refractivity contribution is 8.16. The molecule has 1 amide bonds. The summed E-state index contributed by atoms with van der Waals surface area (Å²) in [5, 5.41) is 5.56. The minimum Gasteiger partial charge on any atom is -0.497 e. The van der Waals surface area contributed by atoms with Gasteiger partial charge >= 0.3 is 5.97 Å². The van der Waals surface area contributed by atoms with Crippen LogP contribution in [0.1, 0.15) is 37.4 Å². The number of nitrogens with zero attached hydrogens (tertiary/aromatic N) is 2. The first-order valence-electron chi connectivity index (χ1n) is 11.6. The summed E-state index contributed by atoms with van der Waals surface area (Å²) in [6, 6.07) is 14.6. The smallest absolute Gasteiger partial charge is 0.338 e. The highest BCUT2D eigenvalue weighted by atomic mass is 32.2. The van der Waals surface area contributed by atoms with Crippen molar-refractivity contribution in [3.63, 3.8) is 0 Å². The number of carbonyl (C=O) groups excluding carboxylic acids is 2. The van der Waals surface area contributed by atoms with Crippen molar-refractivity contribution in [2.24, 2.45) is 4.99 Å². The maximum absolute atomic E-state index is 13.2. The number of hydrogen-bond donors (Lipinski definition) is 1. The fourth-order valence-corrected chi connectivity index (χ4v) is 5.17. The molecule has 8 nitrogen and oxygen atoms in total. The Morgan fingerprint density at radius 1 is 1.11 bits per heavy atom. The van der Waals surface area contributed by atoms with Crippen LogP contribution >= 0.6 is 11.8 Å². The van der Waals surface area contributed by atoms with Gasteiger partial charge in [0.25, 0.3) is 0 Å². The maximum atomic E-state index is 13.2. The van der Waals surface area contributed by atoms with Crippen molar-refractivity contribution >= 4 is 28.8 Å². The number of thioether (sulfide) groups is 1. The molecule has 0 radical (unpaired) electrons. The molecule has 0 aliphatic carbocycles. The van der Waals surface area contributed by atoms with E-state index in [0.29, 0.717) is 40.0 Å². The van der Waals surface area contributed by atoms with E-state index < -0.39 is 12.0 Å². The van der Waals surface area contributed by atoms with E-state index in [4.69, 9.17) is 14.2 Å². The SMILES string of the molecule is CCOC(=O)C1=C(C)N=C2SC=C(CC(=O)NCc3ccccc3)N2C1c1cc(OC)ccc1OC. The molecule has 9 heteroatoms. The van der Waals surface area contributed by atoms with Crippen molar-refractivity contribution in [3.8, 4) is 11.5 Å². The first-order valence-corrected chi connectivity index (χ1v) is 12.5. The summed E-state index contributed by atoms with van der Waals surface area (Å²) >= 11 is 1.42. The van der Waals surface area contributed by atoms with Crippen molar-refractivity contribution in [1.82, 2.24) is 10.2 Å². The Kier molecular flexibility index (Phi) is 8.00. The van der Waals surface area contributed by atoms with E-state index in [1.54, 1.807) is 40.2 Å². The molecule has 0 saturated heterocycles. The Hall–Kier alpha value is -3.72. The second-order valence-electron chi connectivity index (χ2n) is 8.16. The quantitative estimate of drug-likeness (QED) is 0.498. The molecule has 1 atom stereocenters. The third kappa shape index (κ3) is 5.26. The number of benzene rings is 2. The molecule has 0 aromatic heterocycles. The standard InChI is InChI=1S/C27H29N3O5S/c1-5-35-26(32)24-17(2)29-27-30(25(24)21-14-20(33-3)11-12-22(21)34-4)19(16-36-27)13-23(31)28-15-18-9-7-6-8-10-18/h6-12,14,16,25H,5,13,15H2,1-4H3,(H,28,31). The van der Waals surface area contributed by atoms with Crippen LogP contribution < -0.4 is 14.8 Å². The fourth-order valence-electron chi connectivity index (χ4n) is 4.21. The van der Waals surface area contributed by atoms with Crippen molar-refractivity contribution < 1.29 is 23.8 Å². The molecule has 1 unspecified atom stereocenters. The molecular weight excluding hydrogens is 478 g/mol. The highest BCUT2D eigenvalue weighted by Gasteiger charge is 2.42. The lowest BCUT2D eigenvalue weighted by Gasteiger charge is -2.36. The minimum absolute atomic E-state index is 0.122. The van der Waals surface area contributed by atoms with Crippen LogP contribution in [0.25, 0.3) is 0 Å². The van der Waals surface area contributed by atoms with Crippen LogP contribution in [-0.2, 0) is 20.9 Å². The van der Waals surface area contributed by atoms with Crippen LogP contribution in [0.5, 0.6) is 11.5 Å². The number of amidine groups is 1. The van der Waals surface area contributed by atoms with Gasteiger partial charge in [-0.25, -0.2) is 9.79 Å². The Labute approximate surface area is 215 Å². The number of fused-ring (bicyclic) bond motifs is 1. The highest BCUT2D eigenvalue weighted by Crippen LogP contribution is 2.47. The molecule has 1 N–H and O–H groups in total. The number of methoxy groups -OCH3 is 2. The molecule has 2 aromatic rings. The molecule has 0 fully saturated rings. The molecule has 2 aliphatic heterocycles. The third-order valence-electron chi connectivity index (χ3n) is 5.90. The van der Waals surface area contributed by atoms with Gasteiger partial charge in [0.1, 0.15) is 11.5 Å². The summed E-state index contributed by atoms with van der Waals surface area (Å²) < 4.78 is 16.6. The summed E-state index contributed by atoms with van der Waals surface area (Å²) in [7, 11) is 3.16. The lowest BCUT2D eigenvalue weighted by Crippen LogP contribution is -2.38. The first kappa shape index (κ1) is 25.4. The van der Waals surface area contributed by atoms with Gasteiger partial charge < -0.3 is 24.4 Å². The zero-order valence-electron chi connectivity index (χ0n) is 20.7. The monoisotopic (exact) mass is 507 g/mol. The van der Waals surface area contributed by atoms with Crippen LogP contribution in [0.2, 0.25) is 0 Å². The summed E-state index contributed by atoms with van der Waals surface area (Å²) in [5.74, 6) is 0.611. The Morgan fingerprint density at radius 2 is 1.89 bits per heavy atom. The van der Waals surface area contributed by atoms with Gasteiger partial charge in [0.2, 0.25) is 5.91 Å². The maximum Gasteiger partial charge on any atom is 0.338 e. The molecule has 0 bridgehead atoms. The Morgan fingerprint density at radius 3 is 2.58 bits per heavy atom. The fraction of sp³-hybridized carbons (Fsp3) is 0.296. The van der Waals surface area contributed by atoms with E-state index in [1.807, 2.05) is 46.7 Å². The van der Waals surface area contributed by atoms with Crippen LogP contribution in [0.15, 0.2) is 75.9 Å². The lowest BCUT2D eigenvalue weighted by molar-refractivity contribution is -0.139. The van der Waals surface area contributed by atoms with Gasteiger partial charge in [0, 0.05) is 17.8 Å². The second kappa shape index (κ2) is 11.3. The van der Waals surface area contributed by atoms with E-state index in [9.17, 15) is 9.59 Å². The van der Waals surface area contributed by atoms with Gasteiger partial charge in [0.15, 0.2) is 5.17 Å². The van der Waals surface area contributed by atoms with E-state index in [2.05, 4.69) is 10.3 Å². The van der Waals surface area contributed by atoms with Crippen molar-refractivity contribution in [3.05, 3.63) is 82.0 Å².